The summed E-state index contributed by atoms with van der Waals surface area (Å²) < 4.78 is 0. The van der Waals surface area contributed by atoms with E-state index in [-0.39, 0.29) is 23.1 Å². The van der Waals surface area contributed by atoms with E-state index in [0.29, 0.717) is 13.1 Å². The van der Waals surface area contributed by atoms with Crippen molar-refractivity contribution < 1.29 is 14.8 Å². The zero-order valence-electron chi connectivity index (χ0n) is 10.7. The number of rotatable bonds is 3. The summed E-state index contributed by atoms with van der Waals surface area (Å²) in [4.78, 5) is 24.2. The van der Waals surface area contributed by atoms with Gasteiger partial charge in [-0.05, 0) is 19.4 Å². The molecule has 0 aliphatic carbocycles. The molecule has 102 valence electrons. The van der Waals surface area contributed by atoms with E-state index in [1.54, 1.807) is 17.9 Å². The molecule has 0 aromatic heterocycles. The van der Waals surface area contributed by atoms with Crippen molar-refractivity contribution in [3.63, 3.8) is 0 Å². The smallest absolute Gasteiger partial charge is 0.282 e. The normalized spacial score (nSPS) is 20.3. The van der Waals surface area contributed by atoms with Gasteiger partial charge in [-0.15, -0.1) is 0 Å². The van der Waals surface area contributed by atoms with Crippen LogP contribution in [0.15, 0.2) is 24.3 Å². The van der Waals surface area contributed by atoms with Gasteiger partial charge in [0.2, 0.25) is 0 Å². The van der Waals surface area contributed by atoms with Gasteiger partial charge in [-0.3, -0.25) is 14.9 Å². The molecule has 1 N–H and O–H groups in total. The number of amides is 1. The molecule has 1 heterocycles. The number of nitro benzene ring substituents is 1. The molecule has 1 amide bonds. The second-order valence-corrected chi connectivity index (χ2v) is 4.81. The maximum atomic E-state index is 12.3. The van der Waals surface area contributed by atoms with Crippen LogP contribution in [-0.4, -0.2) is 40.0 Å². The Bertz CT molecular complexity index is 501. The van der Waals surface area contributed by atoms with Crippen molar-refractivity contribution in [2.75, 3.05) is 13.1 Å². The van der Waals surface area contributed by atoms with E-state index in [4.69, 9.17) is 0 Å². The number of hydrogen-bond donors (Lipinski definition) is 1. The first kappa shape index (κ1) is 13.5. The first-order chi connectivity index (χ1) is 9.00. The lowest BCUT2D eigenvalue weighted by atomic mass is 10.0. The third-order valence-electron chi connectivity index (χ3n) is 3.53. The molecular formula is C13H16N2O4. The van der Waals surface area contributed by atoms with Crippen molar-refractivity contribution in [1.82, 2.24) is 4.90 Å². The number of nitrogens with zero attached hydrogens (tertiary/aromatic N) is 2. The Balaban J connectivity index is 2.19. The van der Waals surface area contributed by atoms with Gasteiger partial charge in [0.05, 0.1) is 11.0 Å². The Morgan fingerprint density at radius 2 is 2.21 bits per heavy atom. The molecule has 1 aliphatic heterocycles. The molecule has 0 spiro atoms. The number of likely N-dealkylation sites (tertiary alicyclic amines) is 1. The zero-order valence-corrected chi connectivity index (χ0v) is 10.7. The number of benzene rings is 1. The molecule has 1 fully saturated rings. The molecule has 0 saturated carbocycles. The molecule has 1 aliphatic rings. The number of carbonyl (C=O) groups excluding carboxylic acids is 1. The number of para-hydroxylation sites is 1. The first-order valence-corrected chi connectivity index (χ1v) is 6.21. The summed E-state index contributed by atoms with van der Waals surface area (Å²) in [7, 11) is 0. The molecule has 19 heavy (non-hydrogen) atoms. The van der Waals surface area contributed by atoms with Crippen molar-refractivity contribution in [2.24, 2.45) is 5.92 Å². The van der Waals surface area contributed by atoms with Crippen molar-refractivity contribution in [1.29, 1.82) is 0 Å². The average molecular weight is 264 g/mol. The van der Waals surface area contributed by atoms with Crippen LogP contribution in [0.3, 0.4) is 0 Å². The Morgan fingerprint density at radius 3 is 2.79 bits per heavy atom. The van der Waals surface area contributed by atoms with Gasteiger partial charge in [0.1, 0.15) is 5.56 Å². The van der Waals surface area contributed by atoms with Crippen LogP contribution >= 0.6 is 0 Å². The number of aliphatic hydroxyl groups is 1. The molecule has 0 radical (unpaired) electrons. The second kappa shape index (κ2) is 5.36. The minimum Gasteiger partial charge on any atom is -0.393 e. The monoisotopic (exact) mass is 264 g/mol. The van der Waals surface area contributed by atoms with Gasteiger partial charge in [-0.2, -0.15) is 0 Å². The van der Waals surface area contributed by atoms with Gasteiger partial charge in [0.15, 0.2) is 0 Å². The van der Waals surface area contributed by atoms with Gasteiger partial charge < -0.3 is 10.0 Å². The Morgan fingerprint density at radius 1 is 1.53 bits per heavy atom. The third kappa shape index (κ3) is 2.73. The predicted octanol–water partition coefficient (Wildman–Crippen LogP) is 1.44. The minimum absolute atomic E-state index is 0.0479. The highest BCUT2D eigenvalue weighted by Crippen LogP contribution is 2.25. The van der Waals surface area contributed by atoms with Crippen LogP contribution in [0, 0.1) is 16.0 Å². The van der Waals surface area contributed by atoms with E-state index >= 15 is 0 Å². The number of nitro groups is 1. The van der Waals surface area contributed by atoms with E-state index < -0.39 is 11.0 Å². The lowest BCUT2D eigenvalue weighted by molar-refractivity contribution is -0.385. The van der Waals surface area contributed by atoms with Gasteiger partial charge in [-0.25, -0.2) is 0 Å². The van der Waals surface area contributed by atoms with Gasteiger partial charge >= 0.3 is 0 Å². The van der Waals surface area contributed by atoms with E-state index in [9.17, 15) is 20.0 Å². The molecule has 2 atom stereocenters. The van der Waals surface area contributed by atoms with E-state index in [1.165, 1.54) is 18.2 Å². The van der Waals surface area contributed by atoms with Gasteiger partial charge in [0, 0.05) is 25.1 Å². The molecule has 2 unspecified atom stereocenters. The lowest BCUT2D eigenvalue weighted by Gasteiger charge is -2.17. The molecule has 6 nitrogen and oxygen atoms in total. The van der Waals surface area contributed by atoms with Crippen LogP contribution < -0.4 is 0 Å². The Hall–Kier alpha value is -1.95. The van der Waals surface area contributed by atoms with Gasteiger partial charge in [-0.1, -0.05) is 12.1 Å². The summed E-state index contributed by atoms with van der Waals surface area (Å²) in [5.74, 6) is -0.290. The fourth-order valence-corrected chi connectivity index (χ4v) is 2.35. The fraction of sp³-hybridized carbons (Fsp3) is 0.462. The highest BCUT2D eigenvalue weighted by atomic mass is 16.6. The zero-order chi connectivity index (χ0) is 14.0. The van der Waals surface area contributed by atoms with E-state index in [0.717, 1.165) is 6.42 Å². The van der Waals surface area contributed by atoms with Crippen molar-refractivity contribution in [2.45, 2.75) is 19.4 Å². The Kier molecular flexibility index (Phi) is 3.80. The third-order valence-corrected chi connectivity index (χ3v) is 3.53. The van der Waals surface area contributed by atoms with Crippen molar-refractivity contribution in [3.05, 3.63) is 39.9 Å². The summed E-state index contributed by atoms with van der Waals surface area (Å²) in [5.41, 5.74) is -0.0632. The quantitative estimate of drug-likeness (QED) is 0.661. The highest BCUT2D eigenvalue weighted by Gasteiger charge is 2.32. The van der Waals surface area contributed by atoms with Crippen LogP contribution in [0.2, 0.25) is 0 Å². The number of carbonyl (C=O) groups is 1. The highest BCUT2D eigenvalue weighted by molar-refractivity contribution is 5.98. The Labute approximate surface area is 110 Å². The van der Waals surface area contributed by atoms with E-state index in [2.05, 4.69) is 0 Å². The van der Waals surface area contributed by atoms with Crippen molar-refractivity contribution in [3.8, 4) is 0 Å². The molecule has 1 aromatic rings. The maximum absolute atomic E-state index is 12.3. The molecule has 6 heteroatoms. The topological polar surface area (TPSA) is 83.7 Å². The van der Waals surface area contributed by atoms with Crippen molar-refractivity contribution >= 4 is 11.6 Å². The summed E-state index contributed by atoms with van der Waals surface area (Å²) in [6.07, 6.45) is 0.257. The largest absolute Gasteiger partial charge is 0.393 e. The summed E-state index contributed by atoms with van der Waals surface area (Å²) >= 11 is 0. The van der Waals surface area contributed by atoms with Gasteiger partial charge in [0.25, 0.3) is 11.6 Å². The summed E-state index contributed by atoms with van der Waals surface area (Å²) in [6, 6.07) is 5.95. The van der Waals surface area contributed by atoms with Crippen LogP contribution in [0.25, 0.3) is 0 Å². The molecular weight excluding hydrogens is 248 g/mol. The van der Waals surface area contributed by atoms with Crippen LogP contribution in [0.5, 0.6) is 0 Å². The summed E-state index contributed by atoms with van der Waals surface area (Å²) in [5, 5.41) is 20.4. The molecule has 0 bridgehead atoms. The first-order valence-electron chi connectivity index (χ1n) is 6.21. The second-order valence-electron chi connectivity index (χ2n) is 4.81. The van der Waals surface area contributed by atoms with Crippen LogP contribution in [0.1, 0.15) is 23.7 Å². The molecule has 1 aromatic carbocycles. The van der Waals surface area contributed by atoms with Crippen LogP contribution in [-0.2, 0) is 0 Å². The predicted molar refractivity (Wildman–Crippen MR) is 68.8 cm³/mol. The standard InChI is InChI=1S/C13H16N2O4/c1-9(16)10-6-7-14(8-10)13(17)11-4-2-3-5-12(11)15(18)19/h2-5,9-10,16H,6-8H2,1H3. The maximum Gasteiger partial charge on any atom is 0.282 e. The molecule has 2 rings (SSSR count). The number of aliphatic hydroxyl groups excluding tert-OH is 1. The van der Waals surface area contributed by atoms with E-state index in [1.807, 2.05) is 0 Å². The van der Waals surface area contributed by atoms with Crippen LogP contribution in [0.4, 0.5) is 5.69 Å². The molecule has 1 saturated heterocycles. The SMILES string of the molecule is CC(O)C1CCN(C(=O)c2ccccc2[N+](=O)[O-])C1. The minimum atomic E-state index is -0.546. The lowest BCUT2D eigenvalue weighted by Crippen LogP contribution is -2.30. The summed E-state index contributed by atoms with van der Waals surface area (Å²) in [6.45, 7) is 2.67. The fourth-order valence-electron chi connectivity index (χ4n) is 2.35. The average Bonchev–Trinajstić information content (AvgIpc) is 2.87. The number of hydrogen-bond acceptors (Lipinski definition) is 4.